The SMILES string of the molecule is Cc1noc(C)c1CCC(=O)N[C@H]1C[C@H](C(=O)N2CCOCC2)C[C@H]1c1nc(-c2ccccc2)no1. The molecule has 3 aromatic rings. The first-order valence-electron chi connectivity index (χ1n) is 12.5. The Kier molecular flexibility index (Phi) is 7.13. The summed E-state index contributed by atoms with van der Waals surface area (Å²) in [5.74, 6) is 1.21. The summed E-state index contributed by atoms with van der Waals surface area (Å²) in [5.41, 5.74) is 2.61. The first-order valence-corrected chi connectivity index (χ1v) is 12.5. The maximum Gasteiger partial charge on any atom is 0.232 e. The van der Waals surface area contributed by atoms with Gasteiger partial charge in [-0.3, -0.25) is 9.59 Å². The Labute approximate surface area is 209 Å². The van der Waals surface area contributed by atoms with Crippen LogP contribution in [-0.2, 0) is 20.7 Å². The van der Waals surface area contributed by atoms with Crippen LogP contribution in [-0.4, -0.2) is 64.4 Å². The molecule has 36 heavy (non-hydrogen) atoms. The number of carbonyl (C=O) groups is 2. The van der Waals surface area contributed by atoms with Gasteiger partial charge in [-0.05, 0) is 33.1 Å². The summed E-state index contributed by atoms with van der Waals surface area (Å²) < 4.78 is 16.3. The van der Waals surface area contributed by atoms with E-state index in [1.807, 2.05) is 49.1 Å². The predicted molar refractivity (Wildman–Crippen MR) is 129 cm³/mol. The van der Waals surface area contributed by atoms with Crippen LogP contribution < -0.4 is 5.32 Å². The van der Waals surface area contributed by atoms with E-state index in [4.69, 9.17) is 13.8 Å². The third-order valence-electron chi connectivity index (χ3n) is 7.16. The normalized spacial score (nSPS) is 22.1. The van der Waals surface area contributed by atoms with E-state index in [0.29, 0.717) is 63.7 Å². The predicted octanol–water partition coefficient (Wildman–Crippen LogP) is 2.81. The van der Waals surface area contributed by atoms with Gasteiger partial charge in [-0.15, -0.1) is 0 Å². The summed E-state index contributed by atoms with van der Waals surface area (Å²) in [5, 5.41) is 11.3. The van der Waals surface area contributed by atoms with Crippen molar-refractivity contribution in [1.82, 2.24) is 25.5 Å². The number of nitrogens with one attached hydrogen (secondary N) is 1. The van der Waals surface area contributed by atoms with Crippen molar-refractivity contribution in [2.24, 2.45) is 5.92 Å². The lowest BCUT2D eigenvalue weighted by molar-refractivity contribution is -0.139. The number of aryl methyl sites for hydroxylation is 2. The van der Waals surface area contributed by atoms with E-state index in [1.54, 1.807) is 0 Å². The van der Waals surface area contributed by atoms with Crippen LogP contribution in [0.1, 0.15) is 48.1 Å². The van der Waals surface area contributed by atoms with Gasteiger partial charge in [0.2, 0.25) is 23.5 Å². The first kappa shape index (κ1) is 24.2. The standard InChI is InChI=1S/C26H31N5O5/c1-16-20(17(2)35-29-16)8-9-23(32)27-22-15-19(26(33)31-10-12-34-13-11-31)14-21(22)25-28-24(30-36-25)18-6-4-3-5-7-18/h3-7,19,21-22H,8-15H2,1-2H3,(H,27,32)/t19-,21-,22+/m1/s1. The number of aromatic nitrogens is 3. The zero-order valence-corrected chi connectivity index (χ0v) is 20.6. The van der Waals surface area contributed by atoms with Crippen molar-refractivity contribution in [2.75, 3.05) is 26.3 Å². The lowest BCUT2D eigenvalue weighted by Gasteiger charge is -2.29. The number of hydrogen-bond acceptors (Lipinski definition) is 8. The second-order valence-electron chi connectivity index (χ2n) is 9.51. The van der Waals surface area contributed by atoms with Gasteiger partial charge in [-0.1, -0.05) is 40.6 Å². The Hall–Kier alpha value is -3.53. The van der Waals surface area contributed by atoms with Crippen LogP contribution in [0.5, 0.6) is 0 Å². The molecule has 190 valence electrons. The Morgan fingerprint density at radius 3 is 2.56 bits per heavy atom. The van der Waals surface area contributed by atoms with Crippen LogP contribution in [0, 0.1) is 19.8 Å². The molecule has 0 bridgehead atoms. The molecule has 1 N–H and O–H groups in total. The zero-order chi connectivity index (χ0) is 25.1. The van der Waals surface area contributed by atoms with Crippen molar-refractivity contribution >= 4 is 11.8 Å². The Morgan fingerprint density at radius 1 is 1.06 bits per heavy atom. The van der Waals surface area contributed by atoms with Crippen LogP contribution in [0.15, 0.2) is 39.4 Å². The fourth-order valence-electron chi connectivity index (χ4n) is 5.18. The second-order valence-corrected chi connectivity index (χ2v) is 9.51. The molecule has 0 radical (unpaired) electrons. The minimum Gasteiger partial charge on any atom is -0.378 e. The molecule has 1 aromatic carbocycles. The number of amides is 2. The van der Waals surface area contributed by atoms with Crippen LogP contribution in [0.3, 0.4) is 0 Å². The Balaban J connectivity index is 1.31. The number of hydrogen-bond donors (Lipinski definition) is 1. The number of carbonyl (C=O) groups excluding carboxylic acids is 2. The first-order chi connectivity index (χ1) is 17.5. The smallest absolute Gasteiger partial charge is 0.232 e. The molecule has 2 aromatic heterocycles. The van der Waals surface area contributed by atoms with Crippen molar-refractivity contribution in [2.45, 2.75) is 51.5 Å². The molecule has 2 fully saturated rings. The van der Waals surface area contributed by atoms with Crippen LogP contribution in [0.2, 0.25) is 0 Å². The molecule has 1 aliphatic heterocycles. The minimum absolute atomic E-state index is 0.0905. The highest BCUT2D eigenvalue weighted by Crippen LogP contribution is 2.39. The number of benzene rings is 1. The van der Waals surface area contributed by atoms with Crippen molar-refractivity contribution in [3.63, 3.8) is 0 Å². The van der Waals surface area contributed by atoms with Crippen LogP contribution in [0.25, 0.3) is 11.4 Å². The largest absolute Gasteiger partial charge is 0.378 e. The van der Waals surface area contributed by atoms with E-state index in [1.165, 1.54) is 0 Å². The van der Waals surface area contributed by atoms with Crippen LogP contribution in [0.4, 0.5) is 0 Å². The van der Waals surface area contributed by atoms with Gasteiger partial charge in [0.1, 0.15) is 5.76 Å². The van der Waals surface area contributed by atoms with Gasteiger partial charge in [0.05, 0.1) is 24.8 Å². The highest BCUT2D eigenvalue weighted by atomic mass is 16.5. The molecule has 1 aliphatic carbocycles. The summed E-state index contributed by atoms with van der Waals surface area (Å²) >= 11 is 0. The quantitative estimate of drug-likeness (QED) is 0.533. The number of rotatable bonds is 7. The number of nitrogens with zero attached hydrogens (tertiary/aromatic N) is 4. The van der Waals surface area contributed by atoms with Gasteiger partial charge >= 0.3 is 0 Å². The van der Waals surface area contributed by atoms with Gasteiger partial charge in [0.25, 0.3) is 0 Å². The van der Waals surface area contributed by atoms with Gasteiger partial charge in [-0.2, -0.15) is 4.98 Å². The van der Waals surface area contributed by atoms with Gasteiger partial charge in [0.15, 0.2) is 0 Å². The van der Waals surface area contributed by atoms with E-state index < -0.39 is 0 Å². The molecule has 5 rings (SSSR count). The summed E-state index contributed by atoms with van der Waals surface area (Å²) in [6.07, 6.45) is 1.91. The highest BCUT2D eigenvalue weighted by Gasteiger charge is 2.43. The second kappa shape index (κ2) is 10.6. The van der Waals surface area contributed by atoms with E-state index in [-0.39, 0.29) is 29.7 Å². The Bertz CT molecular complexity index is 1180. The lowest BCUT2D eigenvalue weighted by Crippen LogP contribution is -2.43. The van der Waals surface area contributed by atoms with Gasteiger partial charge in [0, 0.05) is 42.6 Å². The molecule has 0 unspecified atom stereocenters. The maximum absolute atomic E-state index is 13.3. The summed E-state index contributed by atoms with van der Waals surface area (Å²) in [7, 11) is 0. The fraction of sp³-hybridized carbons (Fsp3) is 0.500. The van der Waals surface area contributed by atoms with Gasteiger partial charge in [-0.25, -0.2) is 0 Å². The van der Waals surface area contributed by atoms with E-state index >= 15 is 0 Å². The molecule has 10 nitrogen and oxygen atoms in total. The van der Waals surface area contributed by atoms with Crippen LogP contribution >= 0.6 is 0 Å². The summed E-state index contributed by atoms with van der Waals surface area (Å²) in [6.45, 7) is 6.00. The molecule has 1 saturated heterocycles. The topological polar surface area (TPSA) is 124 Å². The number of ether oxygens (including phenoxy) is 1. The third kappa shape index (κ3) is 5.18. The third-order valence-corrected chi connectivity index (χ3v) is 7.16. The molecule has 0 spiro atoms. The minimum atomic E-state index is -0.277. The van der Waals surface area contributed by atoms with E-state index in [2.05, 4.69) is 20.6 Å². The Morgan fingerprint density at radius 2 is 1.83 bits per heavy atom. The van der Waals surface area contributed by atoms with Crippen molar-refractivity contribution in [3.05, 3.63) is 53.2 Å². The molecular formula is C26H31N5O5. The summed E-state index contributed by atoms with van der Waals surface area (Å²) in [4.78, 5) is 32.7. The van der Waals surface area contributed by atoms with Gasteiger partial charge < -0.3 is 24.0 Å². The van der Waals surface area contributed by atoms with Crippen molar-refractivity contribution < 1.29 is 23.4 Å². The average Bonchev–Trinajstić information content (AvgIpc) is 3.63. The number of morpholine rings is 1. The lowest BCUT2D eigenvalue weighted by atomic mass is 10.0. The maximum atomic E-state index is 13.3. The zero-order valence-electron chi connectivity index (χ0n) is 20.6. The molecule has 3 heterocycles. The molecule has 1 saturated carbocycles. The van der Waals surface area contributed by atoms with E-state index in [9.17, 15) is 9.59 Å². The molecular weight excluding hydrogens is 462 g/mol. The molecule has 2 amide bonds. The summed E-state index contributed by atoms with van der Waals surface area (Å²) in [6, 6.07) is 9.32. The average molecular weight is 494 g/mol. The molecule has 10 heteroatoms. The highest BCUT2D eigenvalue weighted by molar-refractivity contribution is 5.80. The van der Waals surface area contributed by atoms with Crippen molar-refractivity contribution in [3.8, 4) is 11.4 Å². The fourth-order valence-corrected chi connectivity index (χ4v) is 5.18. The van der Waals surface area contributed by atoms with Crippen molar-refractivity contribution in [1.29, 1.82) is 0 Å². The monoisotopic (exact) mass is 493 g/mol. The molecule has 3 atom stereocenters. The molecule has 2 aliphatic rings. The van der Waals surface area contributed by atoms with E-state index in [0.717, 1.165) is 22.6 Å².